The molecule has 2 aromatic rings. The fraction of sp³-hybridized carbons (Fsp3) is 0.294. The number of aryl methyl sites for hydroxylation is 1. The second-order valence-electron chi connectivity index (χ2n) is 5.47. The van der Waals surface area contributed by atoms with Crippen molar-refractivity contribution >= 4 is 18.1 Å². The molecule has 0 saturated carbocycles. The Labute approximate surface area is 129 Å². The van der Waals surface area contributed by atoms with Crippen molar-refractivity contribution in [1.29, 1.82) is 0 Å². The first kappa shape index (κ1) is 14.0. The molecule has 1 amide bonds. The maximum absolute atomic E-state index is 12.7. The lowest BCUT2D eigenvalue weighted by atomic mass is 10.0. The second kappa shape index (κ2) is 5.82. The summed E-state index contributed by atoms with van der Waals surface area (Å²) in [5, 5.41) is 0. The predicted octanol–water partition coefficient (Wildman–Crippen LogP) is 4.03. The molecule has 0 radical (unpaired) electrons. The van der Waals surface area contributed by atoms with E-state index >= 15 is 0 Å². The third kappa shape index (κ3) is 2.76. The molecule has 0 spiro atoms. The SMILES string of the molecule is Cc1cc([C@H]2CCCN2C(=O)c2ccccc2)c[nH]c1=S. The van der Waals surface area contributed by atoms with Gasteiger partial charge in [0.05, 0.1) is 6.04 Å². The summed E-state index contributed by atoms with van der Waals surface area (Å²) in [7, 11) is 0. The van der Waals surface area contributed by atoms with Gasteiger partial charge in [0, 0.05) is 18.3 Å². The zero-order chi connectivity index (χ0) is 14.8. The Kier molecular flexibility index (Phi) is 3.88. The van der Waals surface area contributed by atoms with Crippen LogP contribution >= 0.6 is 12.2 Å². The number of rotatable bonds is 2. The Morgan fingerprint density at radius 3 is 2.81 bits per heavy atom. The van der Waals surface area contributed by atoms with Crippen LogP contribution in [-0.4, -0.2) is 22.3 Å². The Morgan fingerprint density at radius 1 is 1.33 bits per heavy atom. The number of aromatic amines is 1. The summed E-state index contributed by atoms with van der Waals surface area (Å²) in [6.07, 6.45) is 3.98. The van der Waals surface area contributed by atoms with E-state index < -0.39 is 0 Å². The van der Waals surface area contributed by atoms with Crippen LogP contribution in [0.1, 0.15) is 40.4 Å². The Bertz CT molecular complexity index is 708. The number of hydrogen-bond donors (Lipinski definition) is 1. The smallest absolute Gasteiger partial charge is 0.254 e. The van der Waals surface area contributed by atoms with Crippen LogP contribution in [0.3, 0.4) is 0 Å². The number of pyridine rings is 1. The van der Waals surface area contributed by atoms with Gasteiger partial charge in [-0.2, -0.15) is 0 Å². The molecule has 2 heterocycles. The van der Waals surface area contributed by atoms with Crippen LogP contribution in [0.15, 0.2) is 42.6 Å². The minimum Gasteiger partial charge on any atom is -0.352 e. The Hall–Kier alpha value is -1.94. The molecule has 1 saturated heterocycles. The molecule has 1 aromatic heterocycles. The van der Waals surface area contributed by atoms with E-state index in [1.54, 1.807) is 0 Å². The van der Waals surface area contributed by atoms with E-state index in [9.17, 15) is 4.79 Å². The third-order valence-electron chi connectivity index (χ3n) is 4.03. The van der Waals surface area contributed by atoms with Crippen molar-refractivity contribution in [3.8, 4) is 0 Å². The summed E-state index contributed by atoms with van der Waals surface area (Å²) in [5.41, 5.74) is 2.95. The Morgan fingerprint density at radius 2 is 2.10 bits per heavy atom. The number of H-pyrrole nitrogens is 1. The van der Waals surface area contributed by atoms with Gasteiger partial charge in [0.25, 0.3) is 5.91 Å². The minimum atomic E-state index is 0.109. The van der Waals surface area contributed by atoms with Gasteiger partial charge in [-0.25, -0.2) is 0 Å². The molecule has 1 aliphatic heterocycles. The lowest BCUT2D eigenvalue weighted by molar-refractivity contribution is 0.0735. The normalized spacial score (nSPS) is 18.0. The lowest BCUT2D eigenvalue weighted by Crippen LogP contribution is -2.30. The van der Waals surface area contributed by atoms with Gasteiger partial charge in [0.1, 0.15) is 4.64 Å². The highest BCUT2D eigenvalue weighted by molar-refractivity contribution is 7.71. The van der Waals surface area contributed by atoms with Crippen molar-refractivity contribution < 1.29 is 4.79 Å². The van der Waals surface area contributed by atoms with Crippen molar-refractivity contribution in [2.75, 3.05) is 6.54 Å². The number of nitrogens with zero attached hydrogens (tertiary/aromatic N) is 1. The highest BCUT2D eigenvalue weighted by Crippen LogP contribution is 2.33. The molecule has 3 nitrogen and oxygen atoms in total. The maximum Gasteiger partial charge on any atom is 0.254 e. The zero-order valence-electron chi connectivity index (χ0n) is 12.0. The first-order chi connectivity index (χ1) is 10.2. The first-order valence-corrected chi connectivity index (χ1v) is 7.63. The predicted molar refractivity (Wildman–Crippen MR) is 85.8 cm³/mol. The van der Waals surface area contributed by atoms with E-state index in [1.165, 1.54) is 0 Å². The third-order valence-corrected chi connectivity index (χ3v) is 4.47. The van der Waals surface area contributed by atoms with Crippen LogP contribution in [0, 0.1) is 11.6 Å². The van der Waals surface area contributed by atoms with Gasteiger partial charge in [0.2, 0.25) is 0 Å². The quantitative estimate of drug-likeness (QED) is 0.850. The highest BCUT2D eigenvalue weighted by Gasteiger charge is 2.30. The molecule has 1 fully saturated rings. The number of amides is 1. The Balaban J connectivity index is 1.90. The minimum absolute atomic E-state index is 0.109. The average Bonchev–Trinajstić information content (AvgIpc) is 2.99. The largest absolute Gasteiger partial charge is 0.352 e. The summed E-state index contributed by atoms with van der Waals surface area (Å²) >= 11 is 5.21. The van der Waals surface area contributed by atoms with Crippen molar-refractivity contribution in [3.05, 3.63) is 63.9 Å². The van der Waals surface area contributed by atoms with E-state index in [2.05, 4.69) is 11.1 Å². The molecule has 1 aliphatic rings. The van der Waals surface area contributed by atoms with Gasteiger partial charge >= 0.3 is 0 Å². The van der Waals surface area contributed by atoms with Gasteiger partial charge in [-0.05, 0) is 49.1 Å². The standard InChI is InChI=1S/C17H18N2OS/c1-12-10-14(11-18-16(12)21)15-8-5-9-19(15)17(20)13-6-3-2-4-7-13/h2-4,6-7,10-11,15H,5,8-9H2,1H3,(H,18,21)/t15-/m1/s1. The van der Waals surface area contributed by atoms with Gasteiger partial charge in [-0.3, -0.25) is 4.79 Å². The lowest BCUT2D eigenvalue weighted by Gasteiger charge is -2.25. The number of likely N-dealkylation sites (tertiary alicyclic amines) is 1. The fourth-order valence-corrected chi connectivity index (χ4v) is 3.03. The number of carbonyl (C=O) groups excluding carboxylic acids is 1. The van der Waals surface area contributed by atoms with Crippen molar-refractivity contribution in [3.63, 3.8) is 0 Å². The van der Waals surface area contributed by atoms with E-state index in [1.807, 2.05) is 48.4 Å². The van der Waals surface area contributed by atoms with Crippen LogP contribution in [0.4, 0.5) is 0 Å². The highest BCUT2D eigenvalue weighted by atomic mass is 32.1. The molecule has 1 atom stereocenters. The van der Waals surface area contributed by atoms with E-state index in [-0.39, 0.29) is 11.9 Å². The molecule has 108 valence electrons. The van der Waals surface area contributed by atoms with Gasteiger partial charge in [-0.15, -0.1) is 0 Å². The average molecular weight is 298 g/mol. The molecule has 4 heteroatoms. The summed E-state index contributed by atoms with van der Waals surface area (Å²) in [6.45, 7) is 2.81. The van der Waals surface area contributed by atoms with Crippen molar-refractivity contribution in [1.82, 2.24) is 9.88 Å². The fourth-order valence-electron chi connectivity index (χ4n) is 2.92. The molecular formula is C17H18N2OS. The number of hydrogen-bond acceptors (Lipinski definition) is 2. The summed E-state index contributed by atoms with van der Waals surface area (Å²) < 4.78 is 0.762. The van der Waals surface area contributed by atoms with E-state index in [4.69, 9.17) is 12.2 Å². The number of carbonyl (C=O) groups is 1. The number of benzene rings is 1. The second-order valence-corrected chi connectivity index (χ2v) is 5.88. The van der Waals surface area contributed by atoms with E-state index in [0.29, 0.717) is 0 Å². The van der Waals surface area contributed by atoms with E-state index in [0.717, 1.165) is 40.7 Å². The summed E-state index contributed by atoms with van der Waals surface area (Å²) in [5.74, 6) is 0.109. The molecule has 1 aromatic carbocycles. The van der Waals surface area contributed by atoms with Crippen molar-refractivity contribution in [2.24, 2.45) is 0 Å². The summed E-state index contributed by atoms with van der Waals surface area (Å²) in [6, 6.07) is 11.7. The molecule has 21 heavy (non-hydrogen) atoms. The zero-order valence-corrected chi connectivity index (χ0v) is 12.8. The topological polar surface area (TPSA) is 36.1 Å². The number of aromatic nitrogens is 1. The molecule has 0 aliphatic carbocycles. The monoisotopic (exact) mass is 298 g/mol. The molecular weight excluding hydrogens is 280 g/mol. The van der Waals surface area contributed by atoms with Crippen LogP contribution in [0.2, 0.25) is 0 Å². The van der Waals surface area contributed by atoms with Crippen LogP contribution in [0.25, 0.3) is 0 Å². The first-order valence-electron chi connectivity index (χ1n) is 7.22. The van der Waals surface area contributed by atoms with Gasteiger partial charge in [-0.1, -0.05) is 30.4 Å². The molecule has 0 unspecified atom stereocenters. The molecule has 1 N–H and O–H groups in total. The van der Waals surface area contributed by atoms with Gasteiger partial charge in [0.15, 0.2) is 0 Å². The van der Waals surface area contributed by atoms with Crippen LogP contribution in [-0.2, 0) is 0 Å². The molecule has 3 rings (SSSR count). The van der Waals surface area contributed by atoms with Crippen molar-refractivity contribution in [2.45, 2.75) is 25.8 Å². The maximum atomic E-state index is 12.7. The molecule has 0 bridgehead atoms. The number of nitrogens with one attached hydrogen (secondary N) is 1. The van der Waals surface area contributed by atoms with Crippen LogP contribution < -0.4 is 0 Å². The summed E-state index contributed by atoms with van der Waals surface area (Å²) in [4.78, 5) is 17.8. The van der Waals surface area contributed by atoms with Gasteiger partial charge < -0.3 is 9.88 Å². The van der Waals surface area contributed by atoms with Crippen LogP contribution in [0.5, 0.6) is 0 Å².